The van der Waals surface area contributed by atoms with Gasteiger partial charge in [0, 0.05) is 30.2 Å². The summed E-state index contributed by atoms with van der Waals surface area (Å²) in [6, 6.07) is 1.58. The number of carbonyl (C=O) groups excluding carboxylic acids is 1. The first kappa shape index (κ1) is 13.7. The van der Waals surface area contributed by atoms with Crippen LogP contribution < -0.4 is 5.32 Å². The first-order valence-corrected chi connectivity index (χ1v) is 6.57. The van der Waals surface area contributed by atoms with Gasteiger partial charge in [0.05, 0.1) is 12.2 Å². The molecule has 0 aliphatic carbocycles. The normalized spacial score (nSPS) is 23.1. The first-order valence-electron chi connectivity index (χ1n) is 5.40. The summed E-state index contributed by atoms with van der Waals surface area (Å²) in [6.45, 7) is 0.873. The van der Waals surface area contributed by atoms with E-state index in [2.05, 4.69) is 26.2 Å². The van der Waals surface area contributed by atoms with Crippen LogP contribution in [0.2, 0.25) is 5.15 Å². The number of hydrogen-bond acceptors (Lipinski definition) is 4. The van der Waals surface area contributed by atoms with Crippen LogP contribution in [0.15, 0.2) is 16.7 Å². The molecule has 1 aliphatic rings. The molecule has 18 heavy (non-hydrogen) atoms. The molecule has 0 aromatic carbocycles. The smallest absolute Gasteiger partial charge is 0.254 e. The third-order valence-corrected chi connectivity index (χ3v) is 3.45. The average Bonchev–Trinajstić information content (AvgIpc) is 2.77. The molecule has 2 rings (SSSR count). The van der Waals surface area contributed by atoms with Crippen molar-refractivity contribution in [1.29, 1.82) is 0 Å². The summed E-state index contributed by atoms with van der Waals surface area (Å²) in [5.41, 5.74) is -0.713. The van der Waals surface area contributed by atoms with Crippen LogP contribution in [0.25, 0.3) is 0 Å². The molecule has 1 fully saturated rings. The summed E-state index contributed by atoms with van der Waals surface area (Å²) < 4.78 is 5.76. The van der Waals surface area contributed by atoms with Crippen LogP contribution in [0.4, 0.5) is 0 Å². The van der Waals surface area contributed by atoms with Crippen molar-refractivity contribution in [1.82, 2.24) is 10.3 Å². The van der Waals surface area contributed by atoms with E-state index in [9.17, 15) is 9.90 Å². The van der Waals surface area contributed by atoms with Crippen LogP contribution in [0.5, 0.6) is 0 Å². The lowest BCUT2D eigenvalue weighted by molar-refractivity contribution is 0.0264. The number of carbonyl (C=O) groups is 1. The monoisotopic (exact) mass is 334 g/mol. The highest BCUT2D eigenvalue weighted by Gasteiger charge is 2.32. The fraction of sp³-hybridized carbons (Fsp3) is 0.455. The van der Waals surface area contributed by atoms with Crippen LogP contribution >= 0.6 is 27.5 Å². The summed E-state index contributed by atoms with van der Waals surface area (Å²) >= 11 is 9.06. The van der Waals surface area contributed by atoms with Crippen LogP contribution in [0.3, 0.4) is 0 Å². The van der Waals surface area contributed by atoms with E-state index in [1.807, 2.05) is 0 Å². The van der Waals surface area contributed by atoms with Gasteiger partial charge in [-0.15, -0.1) is 0 Å². The second-order valence-corrected chi connectivity index (χ2v) is 5.48. The van der Waals surface area contributed by atoms with Crippen molar-refractivity contribution in [2.75, 3.05) is 19.8 Å². The van der Waals surface area contributed by atoms with Gasteiger partial charge in [-0.1, -0.05) is 11.6 Å². The van der Waals surface area contributed by atoms with E-state index < -0.39 is 5.60 Å². The minimum absolute atomic E-state index is 0.130. The van der Waals surface area contributed by atoms with Crippen LogP contribution in [0.1, 0.15) is 16.8 Å². The first-order chi connectivity index (χ1) is 8.50. The zero-order valence-electron chi connectivity index (χ0n) is 9.45. The van der Waals surface area contributed by atoms with Gasteiger partial charge < -0.3 is 15.2 Å². The van der Waals surface area contributed by atoms with E-state index in [0.29, 0.717) is 17.5 Å². The van der Waals surface area contributed by atoms with E-state index in [1.54, 1.807) is 6.07 Å². The van der Waals surface area contributed by atoms with Crippen molar-refractivity contribution >= 4 is 33.4 Å². The van der Waals surface area contributed by atoms with Gasteiger partial charge in [-0.3, -0.25) is 4.79 Å². The lowest BCUT2D eigenvalue weighted by atomic mass is 10.0. The van der Waals surface area contributed by atoms with Gasteiger partial charge in [0.2, 0.25) is 0 Å². The third kappa shape index (κ3) is 3.20. The lowest BCUT2D eigenvalue weighted by Crippen LogP contribution is -2.43. The third-order valence-electron chi connectivity index (χ3n) is 2.71. The SMILES string of the molecule is O=C(NCC1(O)CCOC1)c1cc(Br)cnc1Cl. The Labute approximate surface area is 118 Å². The molecule has 1 atom stereocenters. The Morgan fingerprint density at radius 1 is 1.72 bits per heavy atom. The molecule has 1 saturated heterocycles. The number of amides is 1. The van der Waals surface area contributed by atoms with E-state index in [-0.39, 0.29) is 29.8 Å². The van der Waals surface area contributed by atoms with Gasteiger partial charge in [0.25, 0.3) is 5.91 Å². The maximum Gasteiger partial charge on any atom is 0.254 e. The second-order valence-electron chi connectivity index (χ2n) is 4.20. The van der Waals surface area contributed by atoms with Crippen molar-refractivity contribution in [3.63, 3.8) is 0 Å². The van der Waals surface area contributed by atoms with E-state index in [0.717, 1.165) is 0 Å². The maximum atomic E-state index is 11.9. The van der Waals surface area contributed by atoms with Crippen molar-refractivity contribution in [3.8, 4) is 0 Å². The summed E-state index contributed by atoms with van der Waals surface area (Å²) in [7, 11) is 0. The van der Waals surface area contributed by atoms with Gasteiger partial charge in [-0.25, -0.2) is 4.98 Å². The fourth-order valence-electron chi connectivity index (χ4n) is 1.66. The number of pyridine rings is 1. The molecule has 1 unspecified atom stereocenters. The number of hydrogen-bond donors (Lipinski definition) is 2. The van der Waals surface area contributed by atoms with Gasteiger partial charge >= 0.3 is 0 Å². The Hall–Kier alpha value is -0.690. The molecule has 5 nitrogen and oxygen atoms in total. The molecular weight excluding hydrogens is 323 g/mol. The van der Waals surface area contributed by atoms with E-state index in [1.165, 1.54) is 6.20 Å². The molecule has 7 heteroatoms. The van der Waals surface area contributed by atoms with Crippen molar-refractivity contribution in [3.05, 3.63) is 27.5 Å². The topological polar surface area (TPSA) is 71.5 Å². The zero-order valence-corrected chi connectivity index (χ0v) is 11.8. The highest BCUT2D eigenvalue weighted by Crippen LogP contribution is 2.19. The molecule has 1 aromatic heterocycles. The Bertz CT molecular complexity index is 464. The number of ether oxygens (including phenoxy) is 1. The number of halogens is 2. The summed E-state index contributed by atoms with van der Waals surface area (Å²) in [6.07, 6.45) is 2.02. The lowest BCUT2D eigenvalue weighted by Gasteiger charge is -2.20. The Morgan fingerprint density at radius 3 is 3.17 bits per heavy atom. The van der Waals surface area contributed by atoms with E-state index >= 15 is 0 Å². The van der Waals surface area contributed by atoms with Gasteiger partial charge in [0.1, 0.15) is 10.8 Å². The molecule has 98 valence electrons. The number of rotatable bonds is 3. The standard InChI is InChI=1S/C11H12BrClN2O3/c12-7-3-8(9(13)14-4-7)10(16)15-5-11(17)1-2-18-6-11/h3-4,17H,1-2,5-6H2,(H,15,16). The molecule has 2 heterocycles. The Balaban J connectivity index is 2.01. The highest BCUT2D eigenvalue weighted by atomic mass is 79.9. The highest BCUT2D eigenvalue weighted by molar-refractivity contribution is 9.10. The fourth-order valence-corrected chi connectivity index (χ4v) is 2.18. The second kappa shape index (κ2) is 5.52. The molecule has 0 bridgehead atoms. The van der Waals surface area contributed by atoms with Crippen LogP contribution in [-0.4, -0.2) is 41.4 Å². The molecule has 0 spiro atoms. The Morgan fingerprint density at radius 2 is 2.50 bits per heavy atom. The van der Waals surface area contributed by atoms with Crippen LogP contribution in [-0.2, 0) is 4.74 Å². The summed E-state index contributed by atoms with van der Waals surface area (Å²) in [5, 5.41) is 12.8. The number of aromatic nitrogens is 1. The molecule has 1 aromatic rings. The number of aliphatic hydroxyl groups is 1. The van der Waals surface area contributed by atoms with Crippen molar-refractivity contribution in [2.45, 2.75) is 12.0 Å². The predicted molar refractivity (Wildman–Crippen MR) is 69.7 cm³/mol. The van der Waals surface area contributed by atoms with E-state index in [4.69, 9.17) is 16.3 Å². The van der Waals surface area contributed by atoms with Gasteiger partial charge in [-0.2, -0.15) is 0 Å². The van der Waals surface area contributed by atoms with Gasteiger partial charge in [0.15, 0.2) is 0 Å². The average molecular weight is 336 g/mol. The quantitative estimate of drug-likeness (QED) is 0.819. The van der Waals surface area contributed by atoms with Crippen molar-refractivity contribution in [2.24, 2.45) is 0 Å². The largest absolute Gasteiger partial charge is 0.386 e. The summed E-state index contributed by atoms with van der Waals surface area (Å²) in [5.74, 6) is -0.367. The van der Waals surface area contributed by atoms with Crippen molar-refractivity contribution < 1.29 is 14.6 Å². The van der Waals surface area contributed by atoms with Crippen LogP contribution in [0, 0.1) is 0 Å². The summed E-state index contributed by atoms with van der Waals surface area (Å²) in [4.78, 5) is 15.8. The minimum atomic E-state index is -0.985. The molecule has 1 aliphatic heterocycles. The minimum Gasteiger partial charge on any atom is -0.386 e. The predicted octanol–water partition coefficient (Wildman–Crippen LogP) is 1.38. The Kier molecular flexibility index (Phi) is 4.21. The number of nitrogens with one attached hydrogen (secondary N) is 1. The molecule has 0 radical (unpaired) electrons. The molecule has 2 N–H and O–H groups in total. The van der Waals surface area contributed by atoms with Gasteiger partial charge in [-0.05, 0) is 22.0 Å². The molecule has 0 saturated carbocycles. The zero-order chi connectivity index (χ0) is 13.2. The molecular formula is C11H12BrClN2O3. The number of nitrogens with zero attached hydrogens (tertiary/aromatic N) is 1. The molecule has 1 amide bonds. The maximum absolute atomic E-state index is 11.9.